The number of aromatic nitrogens is 3. The van der Waals surface area contributed by atoms with Crippen LogP contribution in [-0.2, 0) is 13.1 Å². The third-order valence-electron chi connectivity index (χ3n) is 2.92. The number of hydrogen-bond acceptors (Lipinski definition) is 3. The second kappa shape index (κ2) is 5.79. The van der Waals surface area contributed by atoms with Gasteiger partial charge in [-0.15, -0.1) is 10.2 Å². The smallest absolute Gasteiger partial charge is 0.160 e. The van der Waals surface area contributed by atoms with Crippen molar-refractivity contribution in [2.24, 2.45) is 0 Å². The van der Waals surface area contributed by atoms with E-state index in [1.54, 1.807) is 6.07 Å². The molecule has 4 nitrogen and oxygen atoms in total. The Morgan fingerprint density at radius 1 is 1.00 bits per heavy atom. The van der Waals surface area contributed by atoms with Gasteiger partial charge >= 0.3 is 0 Å². The van der Waals surface area contributed by atoms with Gasteiger partial charge in [-0.2, -0.15) is 0 Å². The molecule has 0 aliphatic rings. The van der Waals surface area contributed by atoms with Crippen molar-refractivity contribution < 1.29 is 0 Å². The molecule has 0 bridgehead atoms. The van der Waals surface area contributed by atoms with Gasteiger partial charge in [-0.3, -0.25) is 4.40 Å². The zero-order valence-corrected chi connectivity index (χ0v) is 12.1. The summed E-state index contributed by atoms with van der Waals surface area (Å²) in [7, 11) is 0. The van der Waals surface area contributed by atoms with Gasteiger partial charge in [-0.05, 0) is 35.9 Å². The van der Waals surface area contributed by atoms with E-state index >= 15 is 0 Å². The highest BCUT2D eigenvalue weighted by Gasteiger charge is 2.04. The molecule has 3 aromatic rings. The molecule has 0 fully saturated rings. The molecule has 0 saturated carbocycles. The van der Waals surface area contributed by atoms with Crippen LogP contribution >= 0.6 is 23.2 Å². The first-order chi connectivity index (χ1) is 9.72. The highest BCUT2D eigenvalue weighted by atomic mass is 35.5. The van der Waals surface area contributed by atoms with Crippen molar-refractivity contribution >= 4 is 28.8 Å². The van der Waals surface area contributed by atoms with Crippen LogP contribution in [0.15, 0.2) is 42.6 Å². The summed E-state index contributed by atoms with van der Waals surface area (Å²) >= 11 is 11.9. The van der Waals surface area contributed by atoms with Gasteiger partial charge in [0.25, 0.3) is 0 Å². The van der Waals surface area contributed by atoms with Crippen LogP contribution in [0.5, 0.6) is 0 Å². The fraction of sp³-hybridized carbons (Fsp3) is 0.143. The predicted octanol–water partition coefficient (Wildman–Crippen LogP) is 3.33. The van der Waals surface area contributed by atoms with E-state index in [-0.39, 0.29) is 0 Å². The molecule has 0 atom stereocenters. The van der Waals surface area contributed by atoms with Crippen molar-refractivity contribution in [3.63, 3.8) is 0 Å². The monoisotopic (exact) mass is 306 g/mol. The van der Waals surface area contributed by atoms with E-state index in [1.165, 1.54) is 0 Å². The van der Waals surface area contributed by atoms with E-state index < -0.39 is 0 Å². The third kappa shape index (κ3) is 2.93. The van der Waals surface area contributed by atoms with Crippen LogP contribution in [0.2, 0.25) is 10.0 Å². The first kappa shape index (κ1) is 13.4. The van der Waals surface area contributed by atoms with Gasteiger partial charge in [0.2, 0.25) is 0 Å². The van der Waals surface area contributed by atoms with Crippen molar-refractivity contribution in [3.8, 4) is 0 Å². The van der Waals surface area contributed by atoms with Crippen molar-refractivity contribution in [1.82, 2.24) is 19.9 Å². The van der Waals surface area contributed by atoms with Crippen LogP contribution in [0.3, 0.4) is 0 Å². The lowest BCUT2D eigenvalue weighted by Gasteiger charge is -2.05. The van der Waals surface area contributed by atoms with Crippen molar-refractivity contribution in [3.05, 3.63) is 64.0 Å². The van der Waals surface area contributed by atoms with Crippen molar-refractivity contribution in [2.75, 3.05) is 0 Å². The number of benzene rings is 1. The molecule has 0 aliphatic heterocycles. The lowest BCUT2D eigenvalue weighted by molar-refractivity contribution is 0.657. The van der Waals surface area contributed by atoms with Gasteiger partial charge in [0.15, 0.2) is 11.5 Å². The minimum atomic E-state index is 0.620. The number of hydrogen-bond donors (Lipinski definition) is 1. The summed E-state index contributed by atoms with van der Waals surface area (Å²) < 4.78 is 1.96. The van der Waals surface area contributed by atoms with Crippen LogP contribution in [0, 0.1) is 0 Å². The van der Waals surface area contributed by atoms with E-state index in [2.05, 4.69) is 15.5 Å². The second-order valence-corrected chi connectivity index (χ2v) is 5.30. The quantitative estimate of drug-likeness (QED) is 0.804. The Morgan fingerprint density at radius 3 is 2.60 bits per heavy atom. The fourth-order valence-electron chi connectivity index (χ4n) is 2.04. The molecule has 0 radical (unpaired) electrons. The molecule has 2 heterocycles. The summed E-state index contributed by atoms with van der Waals surface area (Å²) in [6.45, 7) is 1.29. The largest absolute Gasteiger partial charge is 0.306 e. The van der Waals surface area contributed by atoms with E-state index in [0.717, 1.165) is 17.0 Å². The van der Waals surface area contributed by atoms with Crippen LogP contribution in [-0.4, -0.2) is 14.6 Å². The molecule has 0 saturated heterocycles. The minimum Gasteiger partial charge on any atom is -0.306 e. The number of rotatable bonds is 4. The second-order valence-electron chi connectivity index (χ2n) is 4.43. The molecule has 2 aromatic heterocycles. The number of nitrogens with zero attached hydrogens (tertiary/aromatic N) is 3. The summed E-state index contributed by atoms with van der Waals surface area (Å²) in [5, 5.41) is 12.9. The van der Waals surface area contributed by atoms with E-state index in [4.69, 9.17) is 23.2 Å². The molecular weight excluding hydrogens is 295 g/mol. The highest BCUT2D eigenvalue weighted by Crippen LogP contribution is 2.18. The van der Waals surface area contributed by atoms with Crippen LogP contribution in [0.25, 0.3) is 5.65 Å². The Labute approximate surface area is 126 Å². The molecule has 0 spiro atoms. The molecule has 102 valence electrons. The number of halogens is 2. The molecule has 1 aromatic carbocycles. The van der Waals surface area contributed by atoms with Crippen molar-refractivity contribution in [1.29, 1.82) is 0 Å². The summed E-state index contributed by atoms with van der Waals surface area (Å²) in [4.78, 5) is 0. The first-order valence-electron chi connectivity index (χ1n) is 6.17. The molecule has 3 rings (SSSR count). The van der Waals surface area contributed by atoms with Gasteiger partial charge in [0, 0.05) is 22.8 Å². The van der Waals surface area contributed by atoms with Gasteiger partial charge < -0.3 is 5.32 Å². The Bertz CT molecular complexity index is 719. The number of pyridine rings is 1. The zero-order valence-electron chi connectivity index (χ0n) is 10.6. The van der Waals surface area contributed by atoms with Gasteiger partial charge in [-0.1, -0.05) is 29.3 Å². The van der Waals surface area contributed by atoms with Crippen LogP contribution < -0.4 is 5.32 Å². The average Bonchev–Trinajstić information content (AvgIpc) is 2.81. The summed E-state index contributed by atoms with van der Waals surface area (Å²) in [5.74, 6) is 0.869. The van der Waals surface area contributed by atoms with Gasteiger partial charge in [0.1, 0.15) is 0 Å². The number of fused-ring (bicyclic) bond motifs is 1. The molecule has 0 unspecified atom stereocenters. The lowest BCUT2D eigenvalue weighted by Crippen LogP contribution is -2.14. The van der Waals surface area contributed by atoms with E-state index in [9.17, 15) is 0 Å². The maximum atomic E-state index is 5.97. The third-order valence-corrected chi connectivity index (χ3v) is 3.36. The molecular formula is C14H12Cl2N4. The Kier molecular flexibility index (Phi) is 3.87. The summed E-state index contributed by atoms with van der Waals surface area (Å²) in [6.07, 6.45) is 1.95. The molecule has 20 heavy (non-hydrogen) atoms. The first-order valence-corrected chi connectivity index (χ1v) is 6.92. The van der Waals surface area contributed by atoms with Gasteiger partial charge in [0.05, 0.1) is 6.54 Å². The Morgan fingerprint density at radius 2 is 1.80 bits per heavy atom. The van der Waals surface area contributed by atoms with Gasteiger partial charge in [-0.25, -0.2) is 0 Å². The standard InChI is InChI=1S/C14H12Cl2N4/c15-11-5-10(6-12(16)7-11)8-17-9-14-19-18-13-3-1-2-4-20(13)14/h1-7,17H,8-9H2. The van der Waals surface area contributed by atoms with Crippen LogP contribution in [0.4, 0.5) is 0 Å². The highest BCUT2D eigenvalue weighted by molar-refractivity contribution is 6.34. The Balaban J connectivity index is 1.68. The summed E-state index contributed by atoms with van der Waals surface area (Å²) in [6, 6.07) is 11.3. The maximum Gasteiger partial charge on any atom is 0.160 e. The molecule has 6 heteroatoms. The predicted molar refractivity (Wildman–Crippen MR) is 80.0 cm³/mol. The summed E-state index contributed by atoms with van der Waals surface area (Å²) in [5.41, 5.74) is 1.88. The molecule has 0 aliphatic carbocycles. The van der Waals surface area contributed by atoms with E-state index in [0.29, 0.717) is 23.1 Å². The SMILES string of the molecule is Clc1cc(Cl)cc(CNCc2nnc3ccccn23)c1. The topological polar surface area (TPSA) is 42.2 Å². The maximum absolute atomic E-state index is 5.97. The van der Waals surface area contributed by atoms with Crippen molar-refractivity contribution in [2.45, 2.75) is 13.1 Å². The molecule has 1 N–H and O–H groups in total. The number of nitrogens with one attached hydrogen (secondary N) is 1. The zero-order chi connectivity index (χ0) is 13.9. The van der Waals surface area contributed by atoms with Crippen LogP contribution in [0.1, 0.15) is 11.4 Å². The molecule has 0 amide bonds. The average molecular weight is 307 g/mol. The lowest BCUT2D eigenvalue weighted by atomic mass is 10.2. The minimum absolute atomic E-state index is 0.620. The Hall–Kier alpha value is -1.62. The fourth-order valence-corrected chi connectivity index (χ4v) is 2.61. The van der Waals surface area contributed by atoms with E-state index in [1.807, 2.05) is 40.9 Å². The normalized spacial score (nSPS) is 11.1.